The predicted molar refractivity (Wildman–Crippen MR) is 129 cm³/mol. The molecule has 0 bridgehead atoms. The van der Waals surface area contributed by atoms with Crippen molar-refractivity contribution in [2.24, 2.45) is 5.92 Å². The van der Waals surface area contributed by atoms with E-state index in [1.807, 2.05) is 0 Å². The minimum atomic E-state index is 0.415. The lowest BCUT2D eigenvalue weighted by atomic mass is 9.86. The quantitative estimate of drug-likeness (QED) is 0.506. The average Bonchev–Trinajstić information content (AvgIpc) is 2.73. The molecule has 2 heteroatoms. The second kappa shape index (κ2) is 8.67. The Labute approximate surface area is 181 Å². The maximum Gasteiger partial charge on any atom is 0.0479 e. The molecule has 3 aliphatic carbocycles. The highest BCUT2D eigenvalue weighted by Gasteiger charge is 2.18. The van der Waals surface area contributed by atoms with Gasteiger partial charge in [0.1, 0.15) is 0 Å². The van der Waals surface area contributed by atoms with Crippen molar-refractivity contribution in [1.82, 2.24) is 5.32 Å². The Kier molecular flexibility index (Phi) is 6.01. The van der Waals surface area contributed by atoms with Gasteiger partial charge in [-0.3, -0.25) is 0 Å². The predicted octanol–water partition coefficient (Wildman–Crippen LogP) is 7.27. The number of allylic oxidation sites excluding steroid dienone is 10. The third-order valence-corrected chi connectivity index (χ3v) is 6.63. The zero-order chi connectivity index (χ0) is 20.4. The van der Waals surface area contributed by atoms with Crippen molar-refractivity contribution in [3.63, 3.8) is 0 Å². The van der Waals surface area contributed by atoms with Crippen LogP contribution >= 0.6 is 12.6 Å². The molecule has 0 aliphatic heterocycles. The highest BCUT2D eigenvalue weighted by molar-refractivity contribution is 7.80. The van der Waals surface area contributed by atoms with Crippen molar-refractivity contribution in [3.8, 4) is 0 Å². The summed E-state index contributed by atoms with van der Waals surface area (Å²) in [5, 5.41) is 3.69. The van der Waals surface area contributed by atoms with E-state index in [1.54, 1.807) is 0 Å². The van der Waals surface area contributed by atoms with Gasteiger partial charge in [0.05, 0.1) is 0 Å². The minimum absolute atomic E-state index is 0.415. The number of rotatable bonds is 4. The number of hydrogen-bond acceptors (Lipinski definition) is 2. The van der Waals surface area contributed by atoms with Crippen LogP contribution in [0.25, 0.3) is 11.1 Å². The van der Waals surface area contributed by atoms with Crippen LogP contribution in [0.2, 0.25) is 0 Å². The van der Waals surface area contributed by atoms with Gasteiger partial charge in [-0.2, -0.15) is 0 Å². The molecule has 1 aromatic rings. The fraction of sp³-hybridized carbons (Fsp3) is 0.333. The van der Waals surface area contributed by atoms with Gasteiger partial charge in [0.15, 0.2) is 0 Å². The van der Waals surface area contributed by atoms with E-state index in [0.717, 1.165) is 30.6 Å². The Bertz CT molecular complexity index is 984. The summed E-state index contributed by atoms with van der Waals surface area (Å²) < 4.78 is 0. The molecule has 2 atom stereocenters. The number of nitrogens with one attached hydrogen (secondary N) is 1. The van der Waals surface area contributed by atoms with E-state index in [0.29, 0.717) is 12.0 Å². The molecule has 2 unspecified atom stereocenters. The largest absolute Gasteiger partial charge is 0.382 e. The van der Waals surface area contributed by atoms with Gasteiger partial charge in [-0.15, -0.1) is 12.6 Å². The zero-order valence-corrected chi connectivity index (χ0v) is 18.6. The molecule has 0 saturated carbocycles. The van der Waals surface area contributed by atoms with Crippen LogP contribution in [0.4, 0.5) is 0 Å². The number of hydrogen-bond donors (Lipinski definition) is 2. The average molecular weight is 402 g/mol. The topological polar surface area (TPSA) is 12.0 Å². The third kappa shape index (κ3) is 4.53. The van der Waals surface area contributed by atoms with Crippen molar-refractivity contribution < 1.29 is 0 Å². The van der Waals surface area contributed by atoms with Gasteiger partial charge in [-0.05, 0) is 79.4 Å². The van der Waals surface area contributed by atoms with E-state index in [-0.39, 0.29) is 0 Å². The number of benzene rings is 1. The first-order valence-electron chi connectivity index (χ1n) is 10.7. The first-order chi connectivity index (χ1) is 14.0. The highest BCUT2D eigenvalue weighted by atomic mass is 32.1. The standard InChI is InChI=1S/C27H31NS/c1-18-8-13-22(14-9-18)28-23-15-11-21(12-16-23)24-5-4-6-25(27(24)29)26-17-19(2)7-10-20(26)3/h4-6,8-11,13,15,17,19,22,28-29H,7,12,14,16H2,1-3H3. The normalized spacial score (nSPS) is 24.2. The summed E-state index contributed by atoms with van der Waals surface area (Å²) >= 11 is 4.98. The molecular weight excluding hydrogens is 370 g/mol. The minimum Gasteiger partial charge on any atom is -0.382 e. The Morgan fingerprint density at radius 2 is 1.83 bits per heavy atom. The van der Waals surface area contributed by atoms with Crippen molar-refractivity contribution in [1.29, 1.82) is 0 Å². The Morgan fingerprint density at radius 3 is 2.55 bits per heavy atom. The molecule has 0 saturated heterocycles. The second-order valence-corrected chi connectivity index (χ2v) is 9.01. The highest BCUT2D eigenvalue weighted by Crippen LogP contribution is 2.38. The van der Waals surface area contributed by atoms with E-state index < -0.39 is 0 Å². The van der Waals surface area contributed by atoms with Crippen LogP contribution in [0, 0.1) is 5.92 Å². The summed E-state index contributed by atoms with van der Waals surface area (Å²) in [5.74, 6) is 0.586. The molecule has 0 heterocycles. The lowest BCUT2D eigenvalue weighted by Gasteiger charge is -2.24. The van der Waals surface area contributed by atoms with Crippen LogP contribution in [0.15, 0.2) is 82.5 Å². The Hall–Kier alpha value is -2.19. The van der Waals surface area contributed by atoms with Crippen LogP contribution < -0.4 is 5.32 Å². The van der Waals surface area contributed by atoms with Gasteiger partial charge >= 0.3 is 0 Å². The van der Waals surface area contributed by atoms with Crippen LogP contribution in [0.1, 0.15) is 57.6 Å². The summed E-state index contributed by atoms with van der Waals surface area (Å²) in [6, 6.07) is 7.02. The molecule has 0 amide bonds. The first kappa shape index (κ1) is 20.1. The molecule has 1 aromatic carbocycles. The first-order valence-corrected chi connectivity index (χ1v) is 11.2. The van der Waals surface area contributed by atoms with E-state index in [9.17, 15) is 0 Å². The van der Waals surface area contributed by atoms with Crippen LogP contribution in [0.5, 0.6) is 0 Å². The van der Waals surface area contributed by atoms with E-state index in [2.05, 4.69) is 86.8 Å². The molecule has 1 N–H and O–H groups in total. The maximum atomic E-state index is 4.98. The molecule has 0 spiro atoms. The summed E-state index contributed by atoms with van der Waals surface area (Å²) in [6.07, 6.45) is 20.4. The molecule has 29 heavy (non-hydrogen) atoms. The lowest BCUT2D eigenvalue weighted by molar-refractivity contribution is 0.643. The van der Waals surface area contributed by atoms with E-state index in [4.69, 9.17) is 12.6 Å². The lowest BCUT2D eigenvalue weighted by Crippen LogP contribution is -2.27. The van der Waals surface area contributed by atoms with Gasteiger partial charge in [0, 0.05) is 16.6 Å². The molecule has 0 fully saturated rings. The van der Waals surface area contributed by atoms with Crippen molar-refractivity contribution >= 4 is 23.8 Å². The Morgan fingerprint density at radius 1 is 1.00 bits per heavy atom. The number of thiol groups is 1. The molecule has 4 rings (SSSR count). The summed E-state index contributed by atoms with van der Waals surface area (Å²) in [7, 11) is 0. The molecule has 150 valence electrons. The fourth-order valence-electron chi connectivity index (χ4n) is 4.33. The monoisotopic (exact) mass is 401 g/mol. The summed E-state index contributed by atoms with van der Waals surface area (Å²) in [5.41, 5.74) is 9.30. The summed E-state index contributed by atoms with van der Waals surface area (Å²) in [6.45, 7) is 6.66. The summed E-state index contributed by atoms with van der Waals surface area (Å²) in [4.78, 5) is 1.10. The molecular formula is C27H31NS. The molecule has 0 radical (unpaired) electrons. The SMILES string of the molecule is CC1=CCC(NC2=CC=C(c3cccc(C4=CC(C)CC=C4C)c3S)CC2)C=C1. The smallest absolute Gasteiger partial charge is 0.0479 e. The van der Waals surface area contributed by atoms with Crippen LogP contribution in [-0.2, 0) is 0 Å². The van der Waals surface area contributed by atoms with Gasteiger partial charge in [0.25, 0.3) is 0 Å². The van der Waals surface area contributed by atoms with Gasteiger partial charge in [0.2, 0.25) is 0 Å². The maximum absolute atomic E-state index is 4.98. The second-order valence-electron chi connectivity index (χ2n) is 8.56. The van der Waals surface area contributed by atoms with Crippen LogP contribution in [0.3, 0.4) is 0 Å². The van der Waals surface area contributed by atoms with Crippen molar-refractivity contribution in [2.45, 2.75) is 57.4 Å². The van der Waals surface area contributed by atoms with Crippen LogP contribution in [-0.4, -0.2) is 6.04 Å². The van der Waals surface area contributed by atoms with E-state index >= 15 is 0 Å². The van der Waals surface area contributed by atoms with Gasteiger partial charge in [-0.25, -0.2) is 0 Å². The van der Waals surface area contributed by atoms with Gasteiger partial charge < -0.3 is 5.32 Å². The van der Waals surface area contributed by atoms with Gasteiger partial charge in [-0.1, -0.05) is 67.2 Å². The fourth-order valence-corrected chi connectivity index (χ4v) is 4.75. The third-order valence-electron chi connectivity index (χ3n) is 6.15. The Balaban J connectivity index is 1.55. The molecule has 0 aromatic heterocycles. The van der Waals surface area contributed by atoms with E-state index in [1.165, 1.54) is 39.1 Å². The van der Waals surface area contributed by atoms with Crippen molar-refractivity contribution in [3.05, 3.63) is 88.7 Å². The van der Waals surface area contributed by atoms with Crippen molar-refractivity contribution in [2.75, 3.05) is 0 Å². The molecule has 3 aliphatic rings. The molecule has 1 nitrogen and oxygen atoms in total. The zero-order valence-electron chi connectivity index (χ0n) is 17.7.